The molecule has 2 N–H and O–H groups in total. The molecule has 106 valence electrons. The molecule has 1 unspecified atom stereocenters. The van der Waals surface area contributed by atoms with Crippen LogP contribution in [0.4, 0.5) is 4.79 Å². The summed E-state index contributed by atoms with van der Waals surface area (Å²) in [6, 6.07) is 0. The summed E-state index contributed by atoms with van der Waals surface area (Å²) in [4.78, 5) is 11.3. The molecule has 6 nitrogen and oxygen atoms in total. The average Bonchev–Trinajstić information content (AvgIpc) is 2.96. The number of hydrogen-bond acceptors (Lipinski definition) is 4. The number of carbonyl (C=O) groups is 1. The second-order valence-electron chi connectivity index (χ2n) is 4.83. The first-order chi connectivity index (χ1) is 9.03. The van der Waals surface area contributed by atoms with Gasteiger partial charge in [-0.15, -0.1) is 11.8 Å². The number of rotatable bonds is 4. The van der Waals surface area contributed by atoms with Gasteiger partial charge in [-0.3, -0.25) is 0 Å². The van der Waals surface area contributed by atoms with Crippen molar-refractivity contribution in [3.63, 3.8) is 0 Å². The Labute approximate surface area is 113 Å². The van der Waals surface area contributed by atoms with Crippen LogP contribution in [0.25, 0.3) is 0 Å². The van der Waals surface area contributed by atoms with Gasteiger partial charge in [-0.2, -0.15) is 8.42 Å². The molecule has 0 bridgehead atoms. The highest BCUT2D eigenvalue weighted by Crippen LogP contribution is 2.52. The molecule has 2 aliphatic carbocycles. The zero-order chi connectivity index (χ0) is 13.9. The normalized spacial score (nSPS) is 29.0. The second-order valence-corrected chi connectivity index (χ2v) is 6.45. The molecule has 1 amide bonds. The molecule has 2 rings (SSSR count). The summed E-state index contributed by atoms with van der Waals surface area (Å²) in [5.41, 5.74) is 0. The molecule has 0 aromatic heterocycles. The Hall–Kier alpha value is -1.26. The lowest BCUT2D eigenvalue weighted by atomic mass is 10.1. The Morgan fingerprint density at radius 2 is 1.84 bits per heavy atom. The van der Waals surface area contributed by atoms with Gasteiger partial charge in [0.25, 0.3) is 0 Å². The first-order valence-electron chi connectivity index (χ1n) is 6.37. The van der Waals surface area contributed by atoms with Gasteiger partial charge in [-0.1, -0.05) is 0 Å². The van der Waals surface area contributed by atoms with Crippen molar-refractivity contribution in [1.29, 1.82) is 0 Å². The molecular weight excluding hydrogens is 268 g/mol. The number of amides is 1. The van der Waals surface area contributed by atoms with Crippen LogP contribution in [0.2, 0.25) is 0 Å². The lowest BCUT2D eigenvalue weighted by Gasteiger charge is -2.06. The molecule has 0 heterocycles. The van der Waals surface area contributed by atoms with Crippen molar-refractivity contribution in [2.24, 2.45) is 17.8 Å². The molecule has 1 saturated carbocycles. The monoisotopic (exact) mass is 286 g/mol. The summed E-state index contributed by atoms with van der Waals surface area (Å²) in [5, 5.41) is 0. The number of carbonyl (C=O) groups excluding carboxylic acids is 1. The fraction of sp³-hybridized carbons (Fsp3) is 0.750. The minimum absolute atomic E-state index is 0.278. The molecule has 19 heavy (non-hydrogen) atoms. The maximum atomic E-state index is 11.3. The quantitative estimate of drug-likeness (QED) is 0.742. The number of fused-ring (bicyclic) bond motifs is 1. The number of hydrogen-bond donors (Lipinski definition) is 2. The Morgan fingerprint density at radius 3 is 2.37 bits per heavy atom. The molecule has 7 heteroatoms. The molecule has 3 atom stereocenters. The van der Waals surface area contributed by atoms with Gasteiger partial charge >= 0.3 is 16.3 Å². The van der Waals surface area contributed by atoms with E-state index in [0.717, 1.165) is 25.7 Å². The highest BCUT2D eigenvalue weighted by molar-refractivity contribution is 7.88. The van der Waals surface area contributed by atoms with Crippen LogP contribution in [0.5, 0.6) is 0 Å². The fourth-order valence-electron chi connectivity index (χ4n) is 2.64. The van der Waals surface area contributed by atoms with E-state index in [1.54, 1.807) is 4.72 Å². The molecule has 2 aliphatic rings. The maximum Gasteiger partial charge on any atom is 0.421 e. The summed E-state index contributed by atoms with van der Waals surface area (Å²) in [6.07, 6.45) is 2.96. The van der Waals surface area contributed by atoms with Gasteiger partial charge in [0.05, 0.1) is 6.61 Å². The van der Waals surface area contributed by atoms with Gasteiger partial charge in [-0.05, 0) is 30.6 Å². The minimum Gasteiger partial charge on any atom is -0.449 e. The summed E-state index contributed by atoms with van der Waals surface area (Å²) in [7, 11) is -2.56. The maximum absolute atomic E-state index is 11.3. The third-order valence-electron chi connectivity index (χ3n) is 3.73. The van der Waals surface area contributed by atoms with E-state index in [1.807, 2.05) is 4.72 Å². The fourth-order valence-corrected chi connectivity index (χ4v) is 3.02. The van der Waals surface area contributed by atoms with Crippen LogP contribution in [-0.4, -0.2) is 28.2 Å². The molecule has 0 radical (unpaired) electrons. The van der Waals surface area contributed by atoms with Crippen molar-refractivity contribution in [1.82, 2.24) is 9.44 Å². The van der Waals surface area contributed by atoms with Crippen LogP contribution in [0.15, 0.2) is 0 Å². The van der Waals surface area contributed by atoms with Gasteiger partial charge in [0.15, 0.2) is 0 Å². The Balaban J connectivity index is 1.74. The number of ether oxygens (including phenoxy) is 1. The molecule has 1 fully saturated rings. The topological polar surface area (TPSA) is 84.5 Å². The zero-order valence-corrected chi connectivity index (χ0v) is 11.6. The molecular formula is C12H18N2O4S. The predicted octanol–water partition coefficient (Wildman–Crippen LogP) is 0.616. The lowest BCUT2D eigenvalue weighted by Crippen LogP contribution is -2.38. The van der Waals surface area contributed by atoms with E-state index < -0.39 is 16.3 Å². The first kappa shape index (κ1) is 14.2. The first-order valence-corrected chi connectivity index (χ1v) is 7.85. The van der Waals surface area contributed by atoms with Gasteiger partial charge in [-0.25, -0.2) is 14.2 Å². The van der Waals surface area contributed by atoms with Crippen molar-refractivity contribution in [2.75, 3.05) is 13.7 Å². The van der Waals surface area contributed by atoms with E-state index in [9.17, 15) is 13.2 Å². The standard InChI is InChI=1S/C12H18N2O4S/c1-13-19(16,17)14-12(15)18-8-11-9-6-4-2-3-5-7-10(9)11/h9-11,13H,4-8H2,1H3,(H,14,15)/t9-,10+,11?. The van der Waals surface area contributed by atoms with Gasteiger partial charge in [0.1, 0.15) is 0 Å². The van der Waals surface area contributed by atoms with Crippen LogP contribution >= 0.6 is 0 Å². The Morgan fingerprint density at radius 1 is 1.26 bits per heavy atom. The van der Waals surface area contributed by atoms with E-state index in [1.165, 1.54) is 7.05 Å². The van der Waals surface area contributed by atoms with Crippen molar-refractivity contribution >= 4 is 16.3 Å². The highest BCUT2D eigenvalue weighted by Gasteiger charge is 2.49. The van der Waals surface area contributed by atoms with Gasteiger partial charge in [0.2, 0.25) is 0 Å². The smallest absolute Gasteiger partial charge is 0.421 e. The SMILES string of the molecule is CNS(=O)(=O)NC(=O)OCC1[C@H]2CCC#CCC[C@@H]12. The summed E-state index contributed by atoms with van der Waals surface area (Å²) < 4.78 is 30.9. The zero-order valence-electron chi connectivity index (χ0n) is 10.8. The van der Waals surface area contributed by atoms with Crippen LogP contribution in [0.3, 0.4) is 0 Å². The van der Waals surface area contributed by atoms with E-state index >= 15 is 0 Å². The average molecular weight is 286 g/mol. The van der Waals surface area contributed by atoms with Crippen molar-refractivity contribution < 1.29 is 17.9 Å². The molecule has 0 aromatic carbocycles. The van der Waals surface area contributed by atoms with Crippen molar-refractivity contribution in [3.05, 3.63) is 0 Å². The molecule has 0 saturated heterocycles. The summed E-state index contributed by atoms with van der Waals surface area (Å²) in [6.45, 7) is 0.278. The highest BCUT2D eigenvalue weighted by atomic mass is 32.2. The summed E-state index contributed by atoms with van der Waals surface area (Å²) in [5.74, 6) is 7.72. The van der Waals surface area contributed by atoms with Crippen LogP contribution in [0.1, 0.15) is 25.7 Å². The van der Waals surface area contributed by atoms with E-state index in [0.29, 0.717) is 17.8 Å². The number of nitrogens with one attached hydrogen (secondary N) is 2. The largest absolute Gasteiger partial charge is 0.449 e. The van der Waals surface area contributed by atoms with Crippen molar-refractivity contribution in [3.8, 4) is 11.8 Å². The lowest BCUT2D eigenvalue weighted by molar-refractivity contribution is 0.143. The van der Waals surface area contributed by atoms with Crippen LogP contribution in [0, 0.1) is 29.6 Å². The third kappa shape index (κ3) is 3.85. The molecule has 0 aliphatic heterocycles. The van der Waals surface area contributed by atoms with Crippen LogP contribution in [-0.2, 0) is 14.9 Å². The Bertz CT molecular complexity index is 488. The molecule has 0 aromatic rings. The van der Waals surface area contributed by atoms with Gasteiger partial charge < -0.3 is 4.74 Å². The Kier molecular flexibility index (Phi) is 4.32. The van der Waals surface area contributed by atoms with Crippen molar-refractivity contribution in [2.45, 2.75) is 25.7 Å². The molecule has 0 spiro atoms. The third-order valence-corrected chi connectivity index (χ3v) is 4.71. The van der Waals surface area contributed by atoms with E-state index in [-0.39, 0.29) is 6.61 Å². The summed E-state index contributed by atoms with van der Waals surface area (Å²) >= 11 is 0. The van der Waals surface area contributed by atoms with Crippen LogP contribution < -0.4 is 9.44 Å². The van der Waals surface area contributed by atoms with Gasteiger partial charge in [0, 0.05) is 19.9 Å². The van der Waals surface area contributed by atoms with E-state index in [4.69, 9.17) is 4.74 Å². The predicted molar refractivity (Wildman–Crippen MR) is 69.2 cm³/mol. The van der Waals surface area contributed by atoms with E-state index in [2.05, 4.69) is 11.8 Å². The minimum atomic E-state index is -3.78. The second kappa shape index (κ2) is 5.80.